The first kappa shape index (κ1) is 13.8. The minimum atomic E-state index is -1.04. The summed E-state index contributed by atoms with van der Waals surface area (Å²) < 4.78 is 13.1. The van der Waals surface area contributed by atoms with Crippen LogP contribution >= 0.6 is 11.3 Å². The molecule has 0 bridgehead atoms. The van der Waals surface area contributed by atoms with E-state index in [9.17, 15) is 19.1 Å². The number of hydrogen-bond acceptors (Lipinski definition) is 3. The van der Waals surface area contributed by atoms with Crippen LogP contribution in [0.3, 0.4) is 0 Å². The third-order valence-corrected chi connectivity index (χ3v) is 4.66. The van der Waals surface area contributed by atoms with Crippen molar-refractivity contribution in [3.8, 4) is 0 Å². The van der Waals surface area contributed by atoms with Crippen LogP contribution in [0.25, 0.3) is 0 Å². The SMILES string of the molecule is O=C(Nc1sc2c(c1C(=O)O)CCC2)c1cccc(F)c1. The maximum atomic E-state index is 13.1. The lowest BCUT2D eigenvalue weighted by Gasteiger charge is -2.05. The van der Waals surface area contributed by atoms with E-state index in [0.717, 1.165) is 35.8 Å². The molecule has 0 aliphatic heterocycles. The number of carboxylic acids is 1. The maximum Gasteiger partial charge on any atom is 0.339 e. The van der Waals surface area contributed by atoms with Crippen LogP contribution in [-0.2, 0) is 12.8 Å². The molecule has 2 N–H and O–H groups in total. The molecule has 0 fully saturated rings. The first-order valence-electron chi connectivity index (χ1n) is 6.51. The number of aryl methyl sites for hydroxylation is 1. The number of nitrogens with one attached hydrogen (secondary N) is 1. The summed E-state index contributed by atoms with van der Waals surface area (Å²) >= 11 is 1.30. The molecule has 1 aliphatic carbocycles. The van der Waals surface area contributed by atoms with E-state index >= 15 is 0 Å². The number of carbonyl (C=O) groups is 2. The van der Waals surface area contributed by atoms with Crippen molar-refractivity contribution in [3.05, 3.63) is 51.7 Å². The van der Waals surface area contributed by atoms with Gasteiger partial charge in [-0.25, -0.2) is 9.18 Å². The number of anilines is 1. The van der Waals surface area contributed by atoms with E-state index in [0.29, 0.717) is 5.00 Å². The van der Waals surface area contributed by atoms with Gasteiger partial charge in [-0.1, -0.05) is 6.07 Å². The van der Waals surface area contributed by atoms with Gasteiger partial charge in [-0.15, -0.1) is 11.3 Å². The van der Waals surface area contributed by atoms with Gasteiger partial charge in [-0.2, -0.15) is 0 Å². The van der Waals surface area contributed by atoms with E-state index < -0.39 is 17.7 Å². The molecule has 2 aromatic rings. The number of halogens is 1. The Kier molecular flexibility index (Phi) is 3.47. The fourth-order valence-electron chi connectivity index (χ4n) is 2.52. The summed E-state index contributed by atoms with van der Waals surface area (Å²) in [7, 11) is 0. The number of thiophene rings is 1. The molecule has 1 aromatic heterocycles. The van der Waals surface area contributed by atoms with Gasteiger partial charge in [0.25, 0.3) is 5.91 Å². The van der Waals surface area contributed by atoms with E-state index in [-0.39, 0.29) is 11.1 Å². The number of benzene rings is 1. The number of aromatic carboxylic acids is 1. The van der Waals surface area contributed by atoms with Crippen molar-refractivity contribution in [1.82, 2.24) is 0 Å². The first-order valence-corrected chi connectivity index (χ1v) is 7.32. The average Bonchev–Trinajstić information content (AvgIpc) is 2.98. The van der Waals surface area contributed by atoms with Crippen LogP contribution in [0.5, 0.6) is 0 Å². The number of rotatable bonds is 3. The molecule has 1 aromatic carbocycles. The fraction of sp³-hybridized carbons (Fsp3) is 0.200. The Labute approximate surface area is 124 Å². The summed E-state index contributed by atoms with van der Waals surface area (Å²) in [6.07, 6.45) is 2.51. The van der Waals surface area contributed by atoms with Crippen molar-refractivity contribution in [1.29, 1.82) is 0 Å². The summed E-state index contributed by atoms with van der Waals surface area (Å²) in [5.41, 5.74) is 1.17. The van der Waals surface area contributed by atoms with Crippen molar-refractivity contribution < 1.29 is 19.1 Å². The molecular formula is C15H12FNO3S. The average molecular weight is 305 g/mol. The minimum Gasteiger partial charge on any atom is -0.478 e. The largest absolute Gasteiger partial charge is 0.478 e. The maximum absolute atomic E-state index is 13.1. The van der Waals surface area contributed by atoms with Gasteiger partial charge in [0, 0.05) is 10.4 Å². The molecule has 0 unspecified atom stereocenters. The van der Waals surface area contributed by atoms with Crippen LogP contribution in [0.4, 0.5) is 9.39 Å². The lowest BCUT2D eigenvalue weighted by atomic mass is 10.1. The first-order chi connectivity index (χ1) is 10.1. The third-order valence-electron chi connectivity index (χ3n) is 3.45. The number of carbonyl (C=O) groups excluding carboxylic acids is 1. The minimum absolute atomic E-state index is 0.167. The molecule has 1 amide bonds. The highest BCUT2D eigenvalue weighted by Crippen LogP contribution is 2.39. The molecule has 1 heterocycles. The predicted molar refractivity (Wildman–Crippen MR) is 77.7 cm³/mol. The van der Waals surface area contributed by atoms with Crippen molar-refractivity contribution in [2.45, 2.75) is 19.3 Å². The smallest absolute Gasteiger partial charge is 0.339 e. The van der Waals surface area contributed by atoms with Crippen LogP contribution < -0.4 is 5.32 Å². The van der Waals surface area contributed by atoms with E-state index in [4.69, 9.17) is 0 Å². The summed E-state index contributed by atoms with van der Waals surface area (Å²) in [6.45, 7) is 0. The van der Waals surface area contributed by atoms with Crippen LogP contribution in [0.1, 0.15) is 37.6 Å². The lowest BCUT2D eigenvalue weighted by Crippen LogP contribution is -2.14. The number of amides is 1. The van der Waals surface area contributed by atoms with Gasteiger partial charge in [0.1, 0.15) is 10.8 Å². The molecule has 0 saturated carbocycles. The van der Waals surface area contributed by atoms with Crippen molar-refractivity contribution in [3.63, 3.8) is 0 Å². The third kappa shape index (κ3) is 2.54. The number of carboxylic acid groups (broad SMARTS) is 1. The van der Waals surface area contributed by atoms with Gasteiger partial charge >= 0.3 is 5.97 Å². The van der Waals surface area contributed by atoms with Crippen LogP contribution in [-0.4, -0.2) is 17.0 Å². The Morgan fingerprint density at radius 2 is 2.10 bits per heavy atom. The molecule has 6 heteroatoms. The lowest BCUT2D eigenvalue weighted by molar-refractivity contribution is 0.0697. The molecule has 4 nitrogen and oxygen atoms in total. The second-order valence-corrected chi connectivity index (χ2v) is 5.94. The molecule has 0 atom stereocenters. The van der Waals surface area contributed by atoms with E-state index in [1.165, 1.54) is 29.5 Å². The normalized spacial score (nSPS) is 13.0. The number of hydrogen-bond donors (Lipinski definition) is 2. The molecule has 3 rings (SSSR count). The molecule has 108 valence electrons. The molecular weight excluding hydrogens is 293 g/mol. The van der Waals surface area contributed by atoms with Gasteiger partial charge in [-0.3, -0.25) is 4.79 Å². The van der Waals surface area contributed by atoms with Crippen molar-refractivity contribution >= 4 is 28.2 Å². The second-order valence-electron chi connectivity index (χ2n) is 4.83. The Bertz CT molecular complexity index is 739. The van der Waals surface area contributed by atoms with Gasteiger partial charge in [-0.05, 0) is 43.0 Å². The second kappa shape index (κ2) is 5.29. The van der Waals surface area contributed by atoms with Crippen molar-refractivity contribution in [2.24, 2.45) is 0 Å². The Balaban J connectivity index is 1.92. The fourth-order valence-corrected chi connectivity index (χ4v) is 3.80. The molecule has 1 aliphatic rings. The standard InChI is InChI=1S/C15H12FNO3S/c16-9-4-1-3-8(7-9)13(18)17-14-12(15(19)20)10-5-2-6-11(10)21-14/h1,3-4,7H,2,5-6H2,(H,17,18)(H,19,20). The summed E-state index contributed by atoms with van der Waals surface area (Å²) in [5, 5.41) is 12.3. The Morgan fingerprint density at radius 1 is 1.29 bits per heavy atom. The molecule has 21 heavy (non-hydrogen) atoms. The molecule has 0 saturated heterocycles. The quantitative estimate of drug-likeness (QED) is 0.914. The van der Waals surface area contributed by atoms with Crippen LogP contribution in [0.2, 0.25) is 0 Å². The predicted octanol–water partition coefficient (Wildman–Crippen LogP) is 3.33. The topological polar surface area (TPSA) is 66.4 Å². The van der Waals surface area contributed by atoms with E-state index in [1.807, 2.05) is 0 Å². The van der Waals surface area contributed by atoms with Gasteiger partial charge in [0.2, 0.25) is 0 Å². The summed E-state index contributed by atoms with van der Waals surface area (Å²) in [4.78, 5) is 24.5. The summed E-state index contributed by atoms with van der Waals surface area (Å²) in [6, 6.07) is 5.30. The van der Waals surface area contributed by atoms with E-state index in [1.54, 1.807) is 0 Å². The highest BCUT2D eigenvalue weighted by atomic mass is 32.1. The zero-order chi connectivity index (χ0) is 15.0. The Hall–Kier alpha value is -2.21. The summed E-state index contributed by atoms with van der Waals surface area (Å²) in [5.74, 6) is -2.05. The van der Waals surface area contributed by atoms with Gasteiger partial charge in [0.05, 0.1) is 5.56 Å². The van der Waals surface area contributed by atoms with Gasteiger partial charge < -0.3 is 10.4 Å². The molecule has 0 radical (unpaired) electrons. The zero-order valence-corrected chi connectivity index (χ0v) is 11.8. The van der Waals surface area contributed by atoms with Crippen LogP contribution in [0, 0.1) is 5.82 Å². The number of fused-ring (bicyclic) bond motifs is 1. The zero-order valence-electron chi connectivity index (χ0n) is 11.0. The van der Waals surface area contributed by atoms with E-state index in [2.05, 4.69) is 5.32 Å². The van der Waals surface area contributed by atoms with Crippen LogP contribution in [0.15, 0.2) is 24.3 Å². The Morgan fingerprint density at radius 3 is 2.81 bits per heavy atom. The monoisotopic (exact) mass is 305 g/mol. The van der Waals surface area contributed by atoms with Gasteiger partial charge in [0.15, 0.2) is 0 Å². The van der Waals surface area contributed by atoms with Crippen molar-refractivity contribution in [2.75, 3.05) is 5.32 Å². The highest BCUT2D eigenvalue weighted by molar-refractivity contribution is 7.17. The molecule has 0 spiro atoms. The highest BCUT2D eigenvalue weighted by Gasteiger charge is 2.27.